The van der Waals surface area contributed by atoms with Crippen molar-refractivity contribution in [3.8, 4) is 0 Å². The Morgan fingerprint density at radius 1 is 1.54 bits per heavy atom. The molecule has 1 rings (SSSR count). The molecule has 2 N–H and O–H groups in total. The van der Waals surface area contributed by atoms with Crippen LogP contribution in [-0.4, -0.2) is 6.04 Å². The average molecular weight is 181 g/mol. The van der Waals surface area contributed by atoms with Crippen LogP contribution in [0.25, 0.3) is 0 Å². The van der Waals surface area contributed by atoms with Gasteiger partial charge >= 0.3 is 0 Å². The third-order valence-corrected chi connectivity index (χ3v) is 3.04. The maximum absolute atomic E-state index is 5.98. The molecule has 0 heterocycles. The molecular formula is C12H23N. The van der Waals surface area contributed by atoms with Crippen LogP contribution in [0.15, 0.2) is 11.6 Å². The quantitative estimate of drug-likeness (QED) is 0.664. The summed E-state index contributed by atoms with van der Waals surface area (Å²) < 4.78 is 0. The van der Waals surface area contributed by atoms with E-state index >= 15 is 0 Å². The van der Waals surface area contributed by atoms with Crippen LogP contribution in [0.5, 0.6) is 0 Å². The molecule has 1 aliphatic rings. The lowest BCUT2D eigenvalue weighted by Gasteiger charge is -2.14. The molecule has 2 unspecified atom stereocenters. The van der Waals surface area contributed by atoms with Gasteiger partial charge in [-0.05, 0) is 31.6 Å². The molecule has 76 valence electrons. The van der Waals surface area contributed by atoms with Crippen molar-refractivity contribution in [3.63, 3.8) is 0 Å². The van der Waals surface area contributed by atoms with Gasteiger partial charge in [0.2, 0.25) is 0 Å². The van der Waals surface area contributed by atoms with E-state index in [-0.39, 0.29) is 0 Å². The monoisotopic (exact) mass is 181 g/mol. The molecule has 0 aromatic carbocycles. The fourth-order valence-corrected chi connectivity index (χ4v) is 2.18. The highest BCUT2D eigenvalue weighted by atomic mass is 14.6. The highest BCUT2D eigenvalue weighted by Crippen LogP contribution is 2.25. The van der Waals surface area contributed by atoms with Crippen molar-refractivity contribution < 1.29 is 0 Å². The summed E-state index contributed by atoms with van der Waals surface area (Å²) in [7, 11) is 0. The van der Waals surface area contributed by atoms with Crippen molar-refractivity contribution in [2.45, 2.75) is 58.4 Å². The zero-order valence-corrected chi connectivity index (χ0v) is 9.05. The fourth-order valence-electron chi connectivity index (χ4n) is 2.18. The third-order valence-electron chi connectivity index (χ3n) is 3.04. The number of nitrogens with two attached hydrogens (primary N) is 1. The van der Waals surface area contributed by atoms with Crippen molar-refractivity contribution in [2.24, 2.45) is 11.7 Å². The van der Waals surface area contributed by atoms with Gasteiger partial charge in [0.15, 0.2) is 0 Å². The van der Waals surface area contributed by atoms with Gasteiger partial charge < -0.3 is 5.73 Å². The summed E-state index contributed by atoms with van der Waals surface area (Å²) in [6.45, 7) is 4.60. The number of hydrogen-bond acceptors (Lipinski definition) is 1. The fraction of sp³-hybridized carbons (Fsp3) is 0.833. The van der Waals surface area contributed by atoms with Crippen LogP contribution in [0.4, 0.5) is 0 Å². The molecule has 0 amide bonds. The first-order chi connectivity index (χ1) is 6.24. The maximum atomic E-state index is 5.98. The van der Waals surface area contributed by atoms with Gasteiger partial charge in [-0.3, -0.25) is 0 Å². The van der Waals surface area contributed by atoms with Crippen LogP contribution < -0.4 is 5.73 Å². The van der Waals surface area contributed by atoms with Crippen molar-refractivity contribution in [1.29, 1.82) is 0 Å². The normalized spacial score (nSPS) is 26.4. The lowest BCUT2D eigenvalue weighted by atomic mass is 9.92. The van der Waals surface area contributed by atoms with E-state index < -0.39 is 0 Å². The van der Waals surface area contributed by atoms with E-state index in [1.807, 2.05) is 0 Å². The molecule has 0 aromatic rings. The van der Waals surface area contributed by atoms with E-state index in [4.69, 9.17) is 5.73 Å². The molecule has 13 heavy (non-hydrogen) atoms. The van der Waals surface area contributed by atoms with Gasteiger partial charge in [-0.15, -0.1) is 0 Å². The second-order valence-corrected chi connectivity index (χ2v) is 4.34. The van der Waals surface area contributed by atoms with Crippen molar-refractivity contribution >= 4 is 0 Å². The summed E-state index contributed by atoms with van der Waals surface area (Å²) in [5.41, 5.74) is 7.60. The Balaban J connectivity index is 2.53. The molecule has 1 aliphatic carbocycles. The summed E-state index contributed by atoms with van der Waals surface area (Å²) in [4.78, 5) is 0. The maximum Gasteiger partial charge on any atom is 0.0226 e. The molecule has 1 nitrogen and oxygen atoms in total. The molecule has 0 fully saturated rings. The van der Waals surface area contributed by atoms with Crippen molar-refractivity contribution in [2.75, 3.05) is 0 Å². The van der Waals surface area contributed by atoms with E-state index in [2.05, 4.69) is 19.9 Å². The molecule has 2 atom stereocenters. The van der Waals surface area contributed by atoms with Gasteiger partial charge in [0.25, 0.3) is 0 Å². The zero-order chi connectivity index (χ0) is 9.68. The molecule has 0 bridgehead atoms. The molecule has 0 aromatic heterocycles. The summed E-state index contributed by atoms with van der Waals surface area (Å²) in [6, 6.07) is 0.330. The summed E-state index contributed by atoms with van der Waals surface area (Å²) in [5.74, 6) is 0.758. The Kier molecular flexibility index (Phi) is 4.51. The molecule has 0 spiro atoms. The lowest BCUT2D eigenvalue weighted by molar-refractivity contribution is 0.570. The van der Waals surface area contributed by atoms with Gasteiger partial charge in [-0.25, -0.2) is 0 Å². The molecule has 0 saturated carbocycles. The lowest BCUT2D eigenvalue weighted by Crippen LogP contribution is -2.16. The topological polar surface area (TPSA) is 26.0 Å². The second kappa shape index (κ2) is 5.43. The Bertz CT molecular complexity index is 172. The van der Waals surface area contributed by atoms with Crippen molar-refractivity contribution in [1.82, 2.24) is 0 Å². The highest BCUT2D eigenvalue weighted by molar-refractivity contribution is 5.11. The molecule has 0 aliphatic heterocycles. The molecule has 1 heteroatoms. The largest absolute Gasteiger partial charge is 0.324 e. The van der Waals surface area contributed by atoms with Gasteiger partial charge in [0.05, 0.1) is 0 Å². The van der Waals surface area contributed by atoms with E-state index in [0.29, 0.717) is 6.04 Å². The Hall–Kier alpha value is -0.300. The molecular weight excluding hydrogens is 158 g/mol. The van der Waals surface area contributed by atoms with Crippen LogP contribution in [0.3, 0.4) is 0 Å². The Morgan fingerprint density at radius 3 is 3.00 bits per heavy atom. The first-order valence-electron chi connectivity index (χ1n) is 5.70. The highest BCUT2D eigenvalue weighted by Gasteiger charge is 2.12. The minimum Gasteiger partial charge on any atom is -0.324 e. The average Bonchev–Trinajstić information content (AvgIpc) is 2.30. The first-order valence-corrected chi connectivity index (χ1v) is 5.70. The van der Waals surface area contributed by atoms with Crippen LogP contribution in [0.1, 0.15) is 52.4 Å². The minimum atomic E-state index is 0.330. The summed E-state index contributed by atoms with van der Waals surface area (Å²) in [6.07, 6.45) is 10.0. The molecule has 0 saturated heterocycles. The van der Waals surface area contributed by atoms with Crippen LogP contribution >= 0.6 is 0 Å². The van der Waals surface area contributed by atoms with Gasteiger partial charge in [0.1, 0.15) is 0 Å². The number of rotatable bonds is 3. The SMILES string of the molecule is CCCC(C)C1=CC(N)CCCC1. The van der Waals surface area contributed by atoms with Crippen LogP contribution in [0.2, 0.25) is 0 Å². The number of hydrogen-bond donors (Lipinski definition) is 1. The van der Waals surface area contributed by atoms with Crippen LogP contribution in [0, 0.1) is 5.92 Å². The second-order valence-electron chi connectivity index (χ2n) is 4.34. The van der Waals surface area contributed by atoms with Crippen molar-refractivity contribution in [3.05, 3.63) is 11.6 Å². The third kappa shape index (κ3) is 3.51. The predicted molar refractivity (Wildman–Crippen MR) is 58.6 cm³/mol. The Morgan fingerprint density at radius 2 is 2.31 bits per heavy atom. The predicted octanol–water partition coefficient (Wildman–Crippen LogP) is 3.25. The minimum absolute atomic E-state index is 0.330. The molecule has 0 radical (unpaired) electrons. The number of allylic oxidation sites excluding steroid dienone is 1. The smallest absolute Gasteiger partial charge is 0.0226 e. The van der Waals surface area contributed by atoms with E-state index in [1.54, 1.807) is 5.57 Å². The van der Waals surface area contributed by atoms with Gasteiger partial charge in [0, 0.05) is 6.04 Å². The van der Waals surface area contributed by atoms with Gasteiger partial charge in [-0.2, -0.15) is 0 Å². The zero-order valence-electron chi connectivity index (χ0n) is 9.05. The van der Waals surface area contributed by atoms with Crippen LogP contribution in [-0.2, 0) is 0 Å². The summed E-state index contributed by atoms with van der Waals surface area (Å²) >= 11 is 0. The van der Waals surface area contributed by atoms with E-state index in [9.17, 15) is 0 Å². The Labute approximate surface area is 82.4 Å². The summed E-state index contributed by atoms with van der Waals surface area (Å²) in [5, 5.41) is 0. The van der Waals surface area contributed by atoms with E-state index in [0.717, 1.165) is 5.92 Å². The van der Waals surface area contributed by atoms with Gasteiger partial charge in [-0.1, -0.05) is 38.3 Å². The van der Waals surface area contributed by atoms with E-state index in [1.165, 1.54) is 38.5 Å². The standard InChI is InChI=1S/C12H23N/c1-3-6-10(2)11-7-4-5-8-12(13)9-11/h9-10,12H,3-8,13H2,1-2H3. The first kappa shape index (κ1) is 10.8.